The molecule has 1 aromatic carbocycles. The molecule has 3 aromatic rings. The Balaban J connectivity index is 1.37. The van der Waals surface area contributed by atoms with Crippen molar-refractivity contribution in [2.24, 2.45) is 0 Å². The summed E-state index contributed by atoms with van der Waals surface area (Å²) in [5.41, 5.74) is 3.68. The van der Waals surface area contributed by atoms with Gasteiger partial charge in [0.05, 0.1) is 5.69 Å². The standard InChI is InChI=1S/C21H17N3O3/c25-21(4-2-15-1-3-19-20(12-15)27-14-26-19)24-13-16-5-10-23-18(11-16)17-6-8-22-9-7-17/h1-12H,13-14H2,(H,24,25)/b4-2+. The highest BCUT2D eigenvalue weighted by atomic mass is 16.7. The van der Waals surface area contributed by atoms with Crippen molar-refractivity contribution in [2.75, 3.05) is 6.79 Å². The largest absolute Gasteiger partial charge is 0.454 e. The molecule has 0 aliphatic carbocycles. The predicted octanol–water partition coefficient (Wildman–Crippen LogP) is 3.20. The van der Waals surface area contributed by atoms with Gasteiger partial charge in [-0.2, -0.15) is 0 Å². The average molecular weight is 359 g/mol. The lowest BCUT2D eigenvalue weighted by molar-refractivity contribution is -0.116. The van der Waals surface area contributed by atoms with Gasteiger partial charge in [-0.05, 0) is 53.6 Å². The summed E-state index contributed by atoms with van der Waals surface area (Å²) in [7, 11) is 0. The van der Waals surface area contributed by atoms with E-state index in [0.717, 1.165) is 28.1 Å². The Morgan fingerprint density at radius 2 is 1.89 bits per heavy atom. The number of benzene rings is 1. The van der Waals surface area contributed by atoms with Crippen molar-refractivity contribution in [3.8, 4) is 22.8 Å². The molecule has 134 valence electrons. The number of fused-ring (bicyclic) bond motifs is 1. The maximum absolute atomic E-state index is 12.1. The lowest BCUT2D eigenvalue weighted by atomic mass is 10.1. The summed E-state index contributed by atoms with van der Waals surface area (Å²) in [4.78, 5) is 20.5. The molecule has 0 saturated heterocycles. The summed E-state index contributed by atoms with van der Waals surface area (Å²) in [6.07, 6.45) is 8.44. The van der Waals surface area contributed by atoms with Gasteiger partial charge in [0.2, 0.25) is 12.7 Å². The molecule has 0 radical (unpaired) electrons. The van der Waals surface area contributed by atoms with Gasteiger partial charge >= 0.3 is 0 Å². The fourth-order valence-corrected chi connectivity index (χ4v) is 2.70. The van der Waals surface area contributed by atoms with Gasteiger partial charge in [-0.15, -0.1) is 0 Å². The van der Waals surface area contributed by atoms with Crippen molar-refractivity contribution >= 4 is 12.0 Å². The monoisotopic (exact) mass is 359 g/mol. The molecule has 6 nitrogen and oxygen atoms in total. The molecule has 6 heteroatoms. The topological polar surface area (TPSA) is 73.3 Å². The smallest absolute Gasteiger partial charge is 0.244 e. The van der Waals surface area contributed by atoms with E-state index in [0.29, 0.717) is 12.3 Å². The molecule has 1 amide bonds. The van der Waals surface area contributed by atoms with Crippen LogP contribution in [0.25, 0.3) is 17.3 Å². The van der Waals surface area contributed by atoms with E-state index in [1.54, 1.807) is 24.7 Å². The van der Waals surface area contributed by atoms with Crippen LogP contribution in [0.1, 0.15) is 11.1 Å². The van der Waals surface area contributed by atoms with Gasteiger partial charge in [0.25, 0.3) is 0 Å². The van der Waals surface area contributed by atoms with Crippen LogP contribution in [0.2, 0.25) is 0 Å². The van der Waals surface area contributed by atoms with Gasteiger partial charge in [-0.25, -0.2) is 0 Å². The van der Waals surface area contributed by atoms with Crippen molar-refractivity contribution in [3.05, 3.63) is 78.3 Å². The molecule has 0 unspecified atom stereocenters. The molecule has 0 bridgehead atoms. The highest BCUT2D eigenvalue weighted by Crippen LogP contribution is 2.32. The Kier molecular flexibility index (Phi) is 4.78. The first-order valence-corrected chi connectivity index (χ1v) is 8.49. The summed E-state index contributed by atoms with van der Waals surface area (Å²) < 4.78 is 10.6. The molecule has 3 heterocycles. The summed E-state index contributed by atoms with van der Waals surface area (Å²) in [5, 5.41) is 2.88. The molecule has 4 rings (SSSR count). The molecule has 1 aliphatic heterocycles. The summed E-state index contributed by atoms with van der Waals surface area (Å²) in [6.45, 7) is 0.654. The number of carbonyl (C=O) groups excluding carboxylic acids is 1. The fourth-order valence-electron chi connectivity index (χ4n) is 2.70. The zero-order valence-corrected chi connectivity index (χ0v) is 14.5. The zero-order valence-electron chi connectivity index (χ0n) is 14.5. The maximum atomic E-state index is 12.1. The summed E-state index contributed by atoms with van der Waals surface area (Å²) >= 11 is 0. The minimum absolute atomic E-state index is 0.171. The molecular formula is C21H17N3O3. The third kappa shape index (κ3) is 4.12. The lowest BCUT2D eigenvalue weighted by Crippen LogP contribution is -2.20. The van der Waals surface area contributed by atoms with Gasteiger partial charge < -0.3 is 14.8 Å². The quantitative estimate of drug-likeness (QED) is 0.708. The van der Waals surface area contributed by atoms with E-state index in [9.17, 15) is 4.79 Å². The van der Waals surface area contributed by atoms with Crippen molar-refractivity contribution in [2.45, 2.75) is 6.54 Å². The molecular weight excluding hydrogens is 342 g/mol. The maximum Gasteiger partial charge on any atom is 0.244 e. The predicted molar refractivity (Wildman–Crippen MR) is 101 cm³/mol. The van der Waals surface area contributed by atoms with E-state index >= 15 is 0 Å². The minimum atomic E-state index is -0.171. The molecule has 27 heavy (non-hydrogen) atoms. The van der Waals surface area contributed by atoms with Gasteiger partial charge in [-0.3, -0.25) is 14.8 Å². The minimum Gasteiger partial charge on any atom is -0.454 e. The number of ether oxygens (including phenoxy) is 2. The number of nitrogens with one attached hydrogen (secondary N) is 1. The number of aromatic nitrogens is 2. The van der Waals surface area contributed by atoms with E-state index in [4.69, 9.17) is 9.47 Å². The van der Waals surface area contributed by atoms with E-state index in [1.807, 2.05) is 42.5 Å². The fraction of sp³-hybridized carbons (Fsp3) is 0.0952. The van der Waals surface area contributed by atoms with Crippen LogP contribution >= 0.6 is 0 Å². The van der Waals surface area contributed by atoms with Crippen molar-refractivity contribution < 1.29 is 14.3 Å². The van der Waals surface area contributed by atoms with Crippen LogP contribution in [0.4, 0.5) is 0 Å². The second kappa shape index (κ2) is 7.70. The highest BCUT2D eigenvalue weighted by Gasteiger charge is 2.12. The highest BCUT2D eigenvalue weighted by molar-refractivity contribution is 5.91. The van der Waals surface area contributed by atoms with Crippen molar-refractivity contribution in [3.63, 3.8) is 0 Å². The first-order valence-electron chi connectivity index (χ1n) is 8.49. The third-order valence-electron chi connectivity index (χ3n) is 4.09. The number of nitrogens with zero attached hydrogens (tertiary/aromatic N) is 2. The van der Waals surface area contributed by atoms with Crippen LogP contribution < -0.4 is 14.8 Å². The Morgan fingerprint density at radius 3 is 2.78 bits per heavy atom. The Labute approximate surface area is 156 Å². The number of hydrogen-bond acceptors (Lipinski definition) is 5. The van der Waals surface area contributed by atoms with Crippen molar-refractivity contribution in [1.29, 1.82) is 0 Å². The van der Waals surface area contributed by atoms with Crippen LogP contribution in [0, 0.1) is 0 Å². The summed E-state index contributed by atoms with van der Waals surface area (Å²) in [5.74, 6) is 1.24. The normalized spacial score (nSPS) is 12.3. The molecule has 0 atom stereocenters. The molecule has 0 spiro atoms. The number of rotatable bonds is 5. The number of carbonyl (C=O) groups is 1. The van der Waals surface area contributed by atoms with Gasteiger partial charge in [-0.1, -0.05) is 6.07 Å². The Hall–Kier alpha value is -3.67. The first kappa shape index (κ1) is 16.8. The molecule has 0 fully saturated rings. The SMILES string of the molecule is O=C(/C=C/c1ccc2c(c1)OCO2)NCc1ccnc(-c2ccncc2)c1. The molecule has 2 aromatic heterocycles. The van der Waals surface area contributed by atoms with Crippen LogP contribution in [-0.4, -0.2) is 22.7 Å². The van der Waals surface area contributed by atoms with Crippen LogP contribution in [0.3, 0.4) is 0 Å². The Morgan fingerprint density at radius 1 is 1.04 bits per heavy atom. The second-order valence-corrected chi connectivity index (χ2v) is 5.95. The van der Waals surface area contributed by atoms with E-state index in [1.165, 1.54) is 6.08 Å². The van der Waals surface area contributed by atoms with Gasteiger partial charge in [0.1, 0.15) is 0 Å². The molecule has 1 aliphatic rings. The van der Waals surface area contributed by atoms with E-state index in [2.05, 4.69) is 15.3 Å². The number of pyridine rings is 2. The van der Waals surface area contributed by atoms with E-state index in [-0.39, 0.29) is 12.7 Å². The first-order chi connectivity index (χ1) is 13.3. The van der Waals surface area contributed by atoms with Crippen LogP contribution in [0.5, 0.6) is 11.5 Å². The zero-order chi connectivity index (χ0) is 18.5. The molecule has 0 saturated carbocycles. The van der Waals surface area contributed by atoms with E-state index < -0.39 is 0 Å². The van der Waals surface area contributed by atoms with Crippen LogP contribution in [0.15, 0.2) is 67.1 Å². The van der Waals surface area contributed by atoms with Crippen LogP contribution in [-0.2, 0) is 11.3 Å². The van der Waals surface area contributed by atoms with Gasteiger partial charge in [0.15, 0.2) is 11.5 Å². The number of hydrogen-bond donors (Lipinski definition) is 1. The average Bonchev–Trinajstić information content (AvgIpc) is 3.19. The third-order valence-corrected chi connectivity index (χ3v) is 4.09. The Bertz CT molecular complexity index is 987. The van der Waals surface area contributed by atoms with Crippen molar-refractivity contribution in [1.82, 2.24) is 15.3 Å². The summed E-state index contributed by atoms with van der Waals surface area (Å²) in [6, 6.07) is 13.2. The van der Waals surface area contributed by atoms with Gasteiger partial charge in [0, 0.05) is 36.8 Å². The lowest BCUT2D eigenvalue weighted by Gasteiger charge is -2.05. The second-order valence-electron chi connectivity index (χ2n) is 5.95. The number of amides is 1. The molecule has 1 N–H and O–H groups in total.